The number of nitrogens with one attached hydrogen (secondary N) is 1. The van der Waals surface area contributed by atoms with Crippen molar-refractivity contribution in [1.82, 2.24) is 5.43 Å². The number of nitrogens with zero attached hydrogens (tertiary/aromatic N) is 1. The molecule has 0 unspecified atom stereocenters. The number of carbonyl (C=O) groups is 1. The number of para-hydroxylation sites is 1. The van der Waals surface area contributed by atoms with Crippen LogP contribution >= 0.6 is 11.8 Å². The van der Waals surface area contributed by atoms with Crippen molar-refractivity contribution < 1.29 is 14.6 Å². The maximum absolute atomic E-state index is 12.1. The smallest absolute Gasteiger partial charge is 0.253 e. The van der Waals surface area contributed by atoms with Crippen molar-refractivity contribution in [3.8, 4) is 11.5 Å². The lowest BCUT2D eigenvalue weighted by molar-refractivity contribution is -0.120. The number of benzene rings is 2. The van der Waals surface area contributed by atoms with Crippen molar-refractivity contribution in [3.05, 3.63) is 53.6 Å². The van der Waals surface area contributed by atoms with Crippen molar-refractivity contribution in [2.45, 2.75) is 30.9 Å². The van der Waals surface area contributed by atoms with Gasteiger partial charge in [0, 0.05) is 10.5 Å². The van der Waals surface area contributed by atoms with Gasteiger partial charge in [0.1, 0.15) is 0 Å². The fourth-order valence-corrected chi connectivity index (χ4v) is 2.91. The molecular weight excluding hydrogens is 336 g/mol. The van der Waals surface area contributed by atoms with E-state index < -0.39 is 0 Å². The zero-order chi connectivity index (χ0) is 18.2. The Morgan fingerprint density at radius 3 is 2.72 bits per heavy atom. The summed E-state index contributed by atoms with van der Waals surface area (Å²) in [6.45, 7) is 6.14. The molecule has 132 valence electrons. The summed E-state index contributed by atoms with van der Waals surface area (Å²) in [4.78, 5) is 13.2. The minimum atomic E-state index is -0.289. The first-order valence-electron chi connectivity index (χ1n) is 8.02. The predicted molar refractivity (Wildman–Crippen MR) is 102 cm³/mol. The second-order valence-corrected chi connectivity index (χ2v) is 6.85. The van der Waals surface area contributed by atoms with E-state index in [-0.39, 0.29) is 16.9 Å². The van der Waals surface area contributed by atoms with Gasteiger partial charge in [-0.2, -0.15) is 5.10 Å². The quantitative estimate of drug-likeness (QED) is 0.449. The molecule has 0 aliphatic carbocycles. The third kappa shape index (κ3) is 5.53. The molecule has 6 heteroatoms. The summed E-state index contributed by atoms with van der Waals surface area (Å²) in [5.74, 6) is 0.188. The maximum atomic E-state index is 12.1. The second kappa shape index (κ2) is 9.13. The molecule has 0 aliphatic rings. The van der Waals surface area contributed by atoms with Crippen molar-refractivity contribution in [2.75, 3.05) is 6.61 Å². The van der Waals surface area contributed by atoms with Crippen LogP contribution in [0.3, 0.4) is 0 Å². The highest BCUT2D eigenvalue weighted by Gasteiger charge is 2.13. The maximum Gasteiger partial charge on any atom is 0.253 e. The molecule has 0 bridgehead atoms. The molecule has 0 spiro atoms. The number of phenolic OH excluding ortho intramolecular Hbond substituents is 1. The molecular formula is C19H22N2O3S. The van der Waals surface area contributed by atoms with E-state index in [4.69, 9.17) is 4.74 Å². The highest BCUT2D eigenvalue weighted by molar-refractivity contribution is 8.00. The Labute approximate surface area is 152 Å². The van der Waals surface area contributed by atoms with Crippen LogP contribution in [0.4, 0.5) is 0 Å². The van der Waals surface area contributed by atoms with Crippen LogP contribution in [-0.4, -0.2) is 29.1 Å². The first kappa shape index (κ1) is 18.9. The molecule has 0 aliphatic heterocycles. The van der Waals surface area contributed by atoms with Gasteiger partial charge in [0.05, 0.1) is 18.1 Å². The molecule has 0 saturated heterocycles. The number of hydrogen-bond acceptors (Lipinski definition) is 5. The van der Waals surface area contributed by atoms with E-state index in [1.165, 1.54) is 23.5 Å². The highest BCUT2D eigenvalue weighted by atomic mass is 32.2. The first-order chi connectivity index (χ1) is 12.0. The number of amides is 1. The Morgan fingerprint density at radius 1 is 1.32 bits per heavy atom. The average Bonchev–Trinajstić information content (AvgIpc) is 2.60. The molecule has 0 fully saturated rings. The Kier molecular flexibility index (Phi) is 6.89. The summed E-state index contributed by atoms with van der Waals surface area (Å²) in [5.41, 5.74) is 4.16. The summed E-state index contributed by atoms with van der Waals surface area (Å²) in [6.07, 6.45) is 1.40. The van der Waals surface area contributed by atoms with Crippen molar-refractivity contribution in [2.24, 2.45) is 5.10 Å². The van der Waals surface area contributed by atoms with Crippen molar-refractivity contribution in [1.29, 1.82) is 0 Å². The Morgan fingerprint density at radius 2 is 2.04 bits per heavy atom. The van der Waals surface area contributed by atoms with Gasteiger partial charge in [-0.15, -0.1) is 11.8 Å². The Balaban J connectivity index is 1.93. The van der Waals surface area contributed by atoms with Crippen LogP contribution in [0.25, 0.3) is 0 Å². The molecule has 2 aromatic carbocycles. The monoisotopic (exact) mass is 358 g/mol. The lowest BCUT2D eigenvalue weighted by atomic mass is 10.2. The van der Waals surface area contributed by atoms with Crippen LogP contribution < -0.4 is 10.2 Å². The first-order valence-corrected chi connectivity index (χ1v) is 8.90. The van der Waals surface area contributed by atoms with Gasteiger partial charge in [0.25, 0.3) is 5.91 Å². The number of carbonyl (C=O) groups excluding carboxylic acids is 1. The second-order valence-electron chi connectivity index (χ2n) is 5.43. The normalized spacial score (nSPS) is 12.1. The van der Waals surface area contributed by atoms with Gasteiger partial charge in [-0.1, -0.05) is 23.8 Å². The zero-order valence-electron chi connectivity index (χ0n) is 14.5. The number of rotatable bonds is 7. The van der Waals surface area contributed by atoms with Gasteiger partial charge >= 0.3 is 0 Å². The van der Waals surface area contributed by atoms with Gasteiger partial charge in [0.15, 0.2) is 11.5 Å². The Bertz CT molecular complexity index is 745. The van der Waals surface area contributed by atoms with E-state index in [0.717, 1.165) is 4.90 Å². The van der Waals surface area contributed by atoms with Crippen LogP contribution in [0, 0.1) is 6.92 Å². The number of thioether (sulfide) groups is 1. The average molecular weight is 358 g/mol. The fourth-order valence-electron chi connectivity index (χ4n) is 2.05. The minimum Gasteiger partial charge on any atom is -0.504 e. The topological polar surface area (TPSA) is 70.9 Å². The molecule has 2 N–H and O–H groups in total. The van der Waals surface area contributed by atoms with E-state index in [1.54, 1.807) is 18.2 Å². The predicted octanol–water partition coefficient (Wildman–Crippen LogP) is 3.73. The van der Waals surface area contributed by atoms with Gasteiger partial charge in [-0.25, -0.2) is 5.43 Å². The number of phenols is 1. The number of ether oxygens (including phenoxy) is 1. The Hall–Kier alpha value is -2.47. The minimum absolute atomic E-state index is 0.00410. The van der Waals surface area contributed by atoms with Crippen LogP contribution in [-0.2, 0) is 4.79 Å². The molecule has 0 saturated carbocycles. The zero-order valence-corrected chi connectivity index (χ0v) is 15.3. The lowest BCUT2D eigenvalue weighted by Gasteiger charge is -2.10. The van der Waals surface area contributed by atoms with Crippen LogP contribution in [0.5, 0.6) is 11.5 Å². The molecule has 0 aromatic heterocycles. The summed E-state index contributed by atoms with van der Waals surface area (Å²) in [7, 11) is 0. The van der Waals surface area contributed by atoms with E-state index in [0.29, 0.717) is 17.9 Å². The summed E-state index contributed by atoms with van der Waals surface area (Å²) >= 11 is 1.46. The summed E-state index contributed by atoms with van der Waals surface area (Å²) < 4.78 is 5.32. The van der Waals surface area contributed by atoms with E-state index in [9.17, 15) is 9.90 Å². The standard InChI is InChI=1S/C19H22N2O3S/c1-4-24-17-7-5-6-15(18(17)22)12-20-21-19(23)14(3)25-16-10-8-13(2)9-11-16/h5-12,14,22H,4H2,1-3H3,(H,21,23)/b20-12-/t14-/m0/s1. The largest absolute Gasteiger partial charge is 0.504 e. The molecule has 2 aromatic rings. The number of hydrazone groups is 1. The van der Waals surface area contributed by atoms with Crippen molar-refractivity contribution in [3.63, 3.8) is 0 Å². The van der Waals surface area contributed by atoms with Crippen LogP contribution in [0.15, 0.2) is 52.5 Å². The molecule has 0 radical (unpaired) electrons. The molecule has 2 rings (SSSR count). The number of aromatic hydroxyl groups is 1. The van der Waals surface area contributed by atoms with Gasteiger partial charge < -0.3 is 9.84 Å². The van der Waals surface area contributed by atoms with Gasteiger partial charge in [0.2, 0.25) is 0 Å². The summed E-state index contributed by atoms with van der Waals surface area (Å²) in [5, 5.41) is 13.7. The molecule has 0 heterocycles. The molecule has 5 nitrogen and oxygen atoms in total. The molecule has 1 atom stereocenters. The third-order valence-corrected chi connectivity index (χ3v) is 4.52. The number of aryl methyl sites for hydroxylation is 1. The van der Waals surface area contributed by atoms with Gasteiger partial charge in [-0.3, -0.25) is 4.79 Å². The summed E-state index contributed by atoms with van der Waals surface area (Å²) in [6, 6.07) is 13.1. The number of hydrogen-bond donors (Lipinski definition) is 2. The van der Waals surface area contributed by atoms with E-state index >= 15 is 0 Å². The molecule has 25 heavy (non-hydrogen) atoms. The highest BCUT2D eigenvalue weighted by Crippen LogP contribution is 2.28. The SMILES string of the molecule is CCOc1cccc(/C=N\NC(=O)[C@H](C)Sc2ccc(C)cc2)c1O. The van der Waals surface area contributed by atoms with E-state index in [1.807, 2.05) is 45.0 Å². The molecule has 1 amide bonds. The van der Waals surface area contributed by atoms with Gasteiger partial charge in [-0.05, 0) is 45.0 Å². The van der Waals surface area contributed by atoms with Crippen molar-refractivity contribution >= 4 is 23.9 Å². The van der Waals surface area contributed by atoms with Crippen LogP contribution in [0.1, 0.15) is 25.0 Å². The lowest BCUT2D eigenvalue weighted by Crippen LogP contribution is -2.26. The van der Waals surface area contributed by atoms with E-state index in [2.05, 4.69) is 10.5 Å². The fraction of sp³-hybridized carbons (Fsp3) is 0.263. The van der Waals surface area contributed by atoms with Crippen LogP contribution in [0.2, 0.25) is 0 Å². The third-order valence-electron chi connectivity index (χ3n) is 3.41.